The fraction of sp³-hybridized carbons (Fsp3) is 0.417. The zero-order chi connectivity index (χ0) is 21.1. The second-order valence-corrected chi connectivity index (χ2v) is 8.21. The van der Waals surface area contributed by atoms with Gasteiger partial charge in [0, 0.05) is 37.8 Å². The lowest BCUT2D eigenvalue weighted by atomic mass is 9.85. The summed E-state index contributed by atoms with van der Waals surface area (Å²) in [7, 11) is 0. The van der Waals surface area contributed by atoms with Crippen LogP contribution in [0.3, 0.4) is 0 Å². The molecule has 2 aliphatic rings. The Labute approximate surface area is 177 Å². The molecule has 0 radical (unpaired) electrons. The van der Waals surface area contributed by atoms with Crippen LogP contribution in [0.25, 0.3) is 0 Å². The number of hydrogen-bond donors (Lipinski definition) is 1. The first-order chi connectivity index (χ1) is 14.5. The molecule has 6 nitrogen and oxygen atoms in total. The predicted octanol–water partition coefficient (Wildman–Crippen LogP) is 3.41. The zero-order valence-corrected chi connectivity index (χ0v) is 17.6. The molecule has 0 saturated carbocycles. The first-order valence-corrected chi connectivity index (χ1v) is 10.6. The van der Waals surface area contributed by atoms with Gasteiger partial charge in [0.25, 0.3) is 0 Å². The topological polar surface area (TPSA) is 61.9 Å². The molecule has 158 valence electrons. The van der Waals surface area contributed by atoms with E-state index in [-0.39, 0.29) is 23.8 Å². The molecule has 2 atom stereocenters. The summed E-state index contributed by atoms with van der Waals surface area (Å²) in [5.41, 5.74) is 4.21. The van der Waals surface area contributed by atoms with Gasteiger partial charge in [0.15, 0.2) is 0 Å². The van der Waals surface area contributed by atoms with Crippen molar-refractivity contribution >= 4 is 17.6 Å². The Kier molecular flexibility index (Phi) is 6.04. The molecule has 2 aromatic carbocycles. The SMILES string of the molecule is Cc1ccc(NC(=O)N2CC(C(=O)N3CCOCC3)C(c3ccccc3C)C2)cc1. The number of benzene rings is 2. The molecule has 1 N–H and O–H groups in total. The van der Waals surface area contributed by atoms with Gasteiger partial charge in [0.05, 0.1) is 19.1 Å². The number of morpholine rings is 1. The van der Waals surface area contributed by atoms with Crippen LogP contribution in [0.1, 0.15) is 22.6 Å². The monoisotopic (exact) mass is 407 g/mol. The van der Waals surface area contributed by atoms with E-state index in [9.17, 15) is 9.59 Å². The number of hydrogen-bond acceptors (Lipinski definition) is 3. The van der Waals surface area contributed by atoms with Crippen molar-refractivity contribution in [2.24, 2.45) is 5.92 Å². The third-order valence-electron chi connectivity index (χ3n) is 6.14. The molecule has 2 saturated heterocycles. The van der Waals surface area contributed by atoms with E-state index in [2.05, 4.69) is 24.4 Å². The minimum Gasteiger partial charge on any atom is -0.378 e. The number of rotatable bonds is 3. The number of carbonyl (C=O) groups is 2. The zero-order valence-electron chi connectivity index (χ0n) is 17.6. The number of amides is 3. The quantitative estimate of drug-likeness (QED) is 0.848. The van der Waals surface area contributed by atoms with Crippen molar-refractivity contribution in [1.82, 2.24) is 9.80 Å². The van der Waals surface area contributed by atoms with Gasteiger partial charge in [-0.2, -0.15) is 0 Å². The minimum atomic E-state index is -0.243. The Bertz CT molecular complexity index is 906. The molecule has 6 heteroatoms. The maximum Gasteiger partial charge on any atom is 0.321 e. The maximum atomic E-state index is 13.4. The van der Waals surface area contributed by atoms with Crippen molar-refractivity contribution < 1.29 is 14.3 Å². The highest BCUT2D eigenvalue weighted by molar-refractivity contribution is 5.91. The standard InChI is InChI=1S/C24H29N3O3/c1-17-7-9-19(10-8-17)25-24(29)27-15-21(20-6-4-3-5-18(20)2)22(16-27)23(28)26-11-13-30-14-12-26/h3-10,21-22H,11-16H2,1-2H3,(H,25,29). The van der Waals surface area contributed by atoms with Gasteiger partial charge in [-0.1, -0.05) is 42.0 Å². The lowest BCUT2D eigenvalue weighted by Crippen LogP contribution is -2.45. The summed E-state index contributed by atoms with van der Waals surface area (Å²) in [6.45, 7) is 7.42. The van der Waals surface area contributed by atoms with Crippen LogP contribution in [-0.4, -0.2) is 61.1 Å². The molecule has 2 unspecified atom stereocenters. The summed E-state index contributed by atoms with van der Waals surface area (Å²) >= 11 is 0. The van der Waals surface area contributed by atoms with Crippen LogP contribution < -0.4 is 5.32 Å². The molecule has 3 amide bonds. The molecule has 4 rings (SSSR count). The Balaban J connectivity index is 1.55. The molecule has 2 fully saturated rings. The summed E-state index contributed by atoms with van der Waals surface area (Å²) in [5.74, 6) is -0.129. The predicted molar refractivity (Wildman–Crippen MR) is 117 cm³/mol. The molecule has 0 bridgehead atoms. The number of carbonyl (C=O) groups excluding carboxylic acids is 2. The average molecular weight is 408 g/mol. The van der Waals surface area contributed by atoms with Crippen molar-refractivity contribution in [2.45, 2.75) is 19.8 Å². The number of ether oxygens (including phenoxy) is 1. The Morgan fingerprint density at radius 3 is 2.33 bits per heavy atom. The molecule has 0 spiro atoms. The maximum absolute atomic E-state index is 13.4. The van der Waals surface area contributed by atoms with E-state index in [1.54, 1.807) is 4.90 Å². The number of nitrogens with zero attached hydrogens (tertiary/aromatic N) is 2. The van der Waals surface area contributed by atoms with Crippen molar-refractivity contribution in [3.63, 3.8) is 0 Å². The second kappa shape index (κ2) is 8.88. The van der Waals surface area contributed by atoms with Crippen LogP contribution >= 0.6 is 0 Å². The normalized spacial score (nSPS) is 21.5. The van der Waals surface area contributed by atoms with Crippen molar-refractivity contribution in [3.05, 3.63) is 65.2 Å². The largest absolute Gasteiger partial charge is 0.378 e. The van der Waals surface area contributed by atoms with Crippen LogP contribution in [0.4, 0.5) is 10.5 Å². The molecule has 0 aromatic heterocycles. The molecule has 0 aliphatic carbocycles. The van der Waals surface area contributed by atoms with Crippen LogP contribution in [0, 0.1) is 19.8 Å². The van der Waals surface area contributed by atoms with Gasteiger partial charge in [-0.15, -0.1) is 0 Å². The second-order valence-electron chi connectivity index (χ2n) is 8.21. The van der Waals surface area contributed by atoms with Crippen LogP contribution in [0.5, 0.6) is 0 Å². The Morgan fingerprint density at radius 2 is 1.63 bits per heavy atom. The van der Waals surface area contributed by atoms with E-state index in [1.807, 2.05) is 48.2 Å². The van der Waals surface area contributed by atoms with E-state index in [1.165, 1.54) is 0 Å². The average Bonchev–Trinajstić information content (AvgIpc) is 3.21. The van der Waals surface area contributed by atoms with Gasteiger partial charge in [0.2, 0.25) is 5.91 Å². The van der Waals surface area contributed by atoms with Crippen molar-refractivity contribution in [3.8, 4) is 0 Å². The highest BCUT2D eigenvalue weighted by Crippen LogP contribution is 2.36. The van der Waals surface area contributed by atoms with Crippen LogP contribution in [0.15, 0.2) is 48.5 Å². The first kappa shape index (κ1) is 20.4. The fourth-order valence-corrected chi connectivity index (χ4v) is 4.40. The smallest absolute Gasteiger partial charge is 0.321 e. The highest BCUT2D eigenvalue weighted by atomic mass is 16.5. The third-order valence-corrected chi connectivity index (χ3v) is 6.14. The summed E-state index contributed by atoms with van der Waals surface area (Å²) < 4.78 is 5.41. The highest BCUT2D eigenvalue weighted by Gasteiger charge is 2.42. The Hall–Kier alpha value is -2.86. The van der Waals surface area contributed by atoms with Crippen molar-refractivity contribution in [1.29, 1.82) is 0 Å². The first-order valence-electron chi connectivity index (χ1n) is 10.6. The number of anilines is 1. The molecule has 30 heavy (non-hydrogen) atoms. The Morgan fingerprint density at radius 1 is 0.933 bits per heavy atom. The van der Waals surface area contributed by atoms with Crippen molar-refractivity contribution in [2.75, 3.05) is 44.7 Å². The lowest BCUT2D eigenvalue weighted by Gasteiger charge is -2.31. The number of urea groups is 1. The van der Waals surface area contributed by atoms with E-state index in [4.69, 9.17) is 4.74 Å². The molecular weight excluding hydrogens is 378 g/mol. The fourth-order valence-electron chi connectivity index (χ4n) is 4.40. The molecular formula is C24H29N3O3. The molecule has 2 aromatic rings. The van der Waals surface area contributed by atoms with Gasteiger partial charge in [-0.3, -0.25) is 4.79 Å². The van der Waals surface area contributed by atoms with E-state index >= 15 is 0 Å². The van der Waals surface area contributed by atoms with Crippen LogP contribution in [-0.2, 0) is 9.53 Å². The number of aryl methyl sites for hydroxylation is 2. The van der Waals surface area contributed by atoms with Gasteiger partial charge in [0.1, 0.15) is 0 Å². The summed E-state index contributed by atoms with van der Waals surface area (Å²) in [5, 5.41) is 2.98. The van der Waals surface area contributed by atoms with Gasteiger partial charge >= 0.3 is 6.03 Å². The lowest BCUT2D eigenvalue weighted by molar-refractivity contribution is -0.139. The van der Waals surface area contributed by atoms with Gasteiger partial charge in [-0.25, -0.2) is 4.79 Å². The molecule has 2 aliphatic heterocycles. The minimum absolute atomic E-state index is 0.00897. The van der Waals surface area contributed by atoms with E-state index in [0.717, 1.165) is 22.4 Å². The van der Waals surface area contributed by atoms with E-state index < -0.39 is 0 Å². The summed E-state index contributed by atoms with van der Waals surface area (Å²) in [6.07, 6.45) is 0. The summed E-state index contributed by atoms with van der Waals surface area (Å²) in [6, 6.07) is 15.8. The number of nitrogens with one attached hydrogen (secondary N) is 1. The van der Waals surface area contributed by atoms with Gasteiger partial charge in [-0.05, 0) is 37.1 Å². The van der Waals surface area contributed by atoms with Gasteiger partial charge < -0.3 is 19.9 Å². The summed E-state index contributed by atoms with van der Waals surface area (Å²) in [4.78, 5) is 30.0. The van der Waals surface area contributed by atoms with Crippen LogP contribution in [0.2, 0.25) is 0 Å². The molecule has 2 heterocycles. The number of likely N-dealkylation sites (tertiary alicyclic amines) is 1. The third kappa shape index (κ3) is 4.33. The van der Waals surface area contributed by atoms with E-state index in [0.29, 0.717) is 39.4 Å².